The summed E-state index contributed by atoms with van der Waals surface area (Å²) in [5.41, 5.74) is 2.37. The van der Waals surface area contributed by atoms with Crippen LogP contribution in [0.3, 0.4) is 0 Å². The number of hydrogen-bond donors (Lipinski definition) is 2. The van der Waals surface area contributed by atoms with E-state index in [1.165, 1.54) is 0 Å². The Balaban J connectivity index is 1.71. The topological polar surface area (TPSA) is 73.4 Å². The highest BCUT2D eigenvalue weighted by atomic mass is 35.5. The number of ketones is 1. The number of nitrogens with one attached hydrogen (secondary N) is 1. The lowest BCUT2D eigenvalue weighted by atomic mass is 9.91. The number of nitrogens with zero attached hydrogens (tertiary/aromatic N) is 1. The van der Waals surface area contributed by atoms with Gasteiger partial charge in [0.15, 0.2) is 0 Å². The Labute approximate surface area is 185 Å². The zero-order valence-corrected chi connectivity index (χ0v) is 17.7. The first-order chi connectivity index (χ1) is 15.1. The second-order valence-electron chi connectivity index (χ2n) is 8.29. The Morgan fingerprint density at radius 1 is 1.00 bits per heavy atom. The third-order valence-electron chi connectivity index (χ3n) is 6.48. The molecule has 1 saturated heterocycles. The van der Waals surface area contributed by atoms with Crippen molar-refractivity contribution in [3.8, 4) is 0 Å². The summed E-state index contributed by atoms with van der Waals surface area (Å²) in [5.74, 6) is -1.32. The van der Waals surface area contributed by atoms with Crippen LogP contribution in [-0.2, 0) is 9.59 Å². The molecule has 1 aromatic heterocycles. The molecule has 1 saturated carbocycles. The quantitative estimate of drug-likeness (QED) is 0.321. The van der Waals surface area contributed by atoms with Gasteiger partial charge >= 0.3 is 0 Å². The molecule has 0 spiro atoms. The smallest absolute Gasteiger partial charge is 0.295 e. The standard InChI is InChI=1S/C25H23ClN2O3/c26-16-12-10-15(11-13-16)23(29)21-22(19-14-27-20-9-5-4-8-18(19)20)28(25(31)24(21)30)17-6-2-1-3-7-17/h4-5,8-14,17,22,27,29H,1-3,6-7H2/b23-21+. The van der Waals surface area contributed by atoms with Gasteiger partial charge in [-0.25, -0.2) is 0 Å². The van der Waals surface area contributed by atoms with Crippen LogP contribution in [0.4, 0.5) is 0 Å². The maximum absolute atomic E-state index is 13.2. The molecule has 31 heavy (non-hydrogen) atoms. The van der Waals surface area contributed by atoms with Crippen molar-refractivity contribution in [2.75, 3.05) is 0 Å². The molecule has 2 N–H and O–H groups in total. The number of aromatic nitrogens is 1. The number of aliphatic hydroxyl groups is 1. The van der Waals surface area contributed by atoms with Crippen LogP contribution >= 0.6 is 11.6 Å². The van der Waals surface area contributed by atoms with Crippen LogP contribution in [0.25, 0.3) is 16.7 Å². The van der Waals surface area contributed by atoms with Gasteiger partial charge in [0.05, 0.1) is 11.6 Å². The lowest BCUT2D eigenvalue weighted by Gasteiger charge is -2.35. The van der Waals surface area contributed by atoms with Crippen LogP contribution in [0.2, 0.25) is 5.02 Å². The monoisotopic (exact) mass is 434 g/mol. The number of carbonyl (C=O) groups is 2. The van der Waals surface area contributed by atoms with Gasteiger partial charge in [-0.2, -0.15) is 0 Å². The average molecular weight is 435 g/mol. The molecule has 2 aliphatic rings. The van der Waals surface area contributed by atoms with Crippen molar-refractivity contribution in [3.05, 3.63) is 76.5 Å². The molecule has 2 fully saturated rings. The summed E-state index contributed by atoms with van der Waals surface area (Å²) in [6, 6.07) is 13.8. The number of fused-ring (bicyclic) bond motifs is 1. The largest absolute Gasteiger partial charge is 0.507 e. The number of aliphatic hydroxyl groups excluding tert-OH is 1. The third kappa shape index (κ3) is 3.33. The molecule has 1 aliphatic heterocycles. The second kappa shape index (κ2) is 7.89. The Bertz CT molecular complexity index is 1190. The molecule has 5 nitrogen and oxygen atoms in total. The maximum Gasteiger partial charge on any atom is 0.295 e. The molecule has 1 amide bonds. The van der Waals surface area contributed by atoms with Crippen LogP contribution in [0.15, 0.2) is 60.3 Å². The van der Waals surface area contributed by atoms with Crippen molar-refractivity contribution in [1.82, 2.24) is 9.88 Å². The molecule has 0 radical (unpaired) electrons. The van der Waals surface area contributed by atoms with Crippen LogP contribution in [-0.4, -0.2) is 32.7 Å². The first-order valence-electron chi connectivity index (χ1n) is 10.7. The van der Waals surface area contributed by atoms with Crippen molar-refractivity contribution in [2.45, 2.75) is 44.2 Å². The Kier molecular flexibility index (Phi) is 5.06. The number of Topliss-reactive ketones (excluding diaryl/α,β-unsaturated/α-hetero) is 1. The first-order valence-corrected chi connectivity index (χ1v) is 11.1. The number of aromatic amines is 1. The number of hydrogen-bond acceptors (Lipinski definition) is 3. The minimum Gasteiger partial charge on any atom is -0.507 e. The van der Waals surface area contributed by atoms with E-state index in [-0.39, 0.29) is 17.4 Å². The Morgan fingerprint density at radius 3 is 2.45 bits per heavy atom. The van der Waals surface area contributed by atoms with Crippen LogP contribution in [0.1, 0.15) is 49.3 Å². The predicted octanol–water partition coefficient (Wildman–Crippen LogP) is 5.58. The highest BCUT2D eigenvalue weighted by Gasteiger charge is 2.49. The van der Waals surface area contributed by atoms with Gasteiger partial charge in [-0.05, 0) is 43.2 Å². The summed E-state index contributed by atoms with van der Waals surface area (Å²) < 4.78 is 0. The number of H-pyrrole nitrogens is 1. The van der Waals surface area contributed by atoms with E-state index in [9.17, 15) is 14.7 Å². The van der Waals surface area contributed by atoms with Gasteiger partial charge in [-0.15, -0.1) is 0 Å². The summed E-state index contributed by atoms with van der Waals surface area (Å²) in [7, 11) is 0. The molecule has 6 heteroatoms. The molecule has 2 heterocycles. The minimum atomic E-state index is -0.631. The van der Waals surface area contributed by atoms with Gasteiger partial charge in [0, 0.05) is 39.3 Å². The van der Waals surface area contributed by atoms with E-state index in [2.05, 4.69) is 4.98 Å². The molecule has 1 atom stereocenters. The number of halogens is 1. The van der Waals surface area contributed by atoms with Gasteiger partial charge < -0.3 is 15.0 Å². The number of likely N-dealkylation sites (tertiary alicyclic amines) is 1. The van der Waals surface area contributed by atoms with Crippen LogP contribution in [0, 0.1) is 0 Å². The first kappa shape index (κ1) is 19.9. The van der Waals surface area contributed by atoms with Crippen molar-refractivity contribution in [3.63, 3.8) is 0 Å². The van der Waals surface area contributed by atoms with E-state index in [0.29, 0.717) is 10.6 Å². The van der Waals surface area contributed by atoms with Gasteiger partial charge in [0.25, 0.3) is 11.7 Å². The summed E-state index contributed by atoms with van der Waals surface area (Å²) >= 11 is 6.00. The fourth-order valence-electron chi connectivity index (χ4n) is 4.97. The summed E-state index contributed by atoms with van der Waals surface area (Å²) in [5, 5.41) is 12.7. The van der Waals surface area contributed by atoms with E-state index in [4.69, 9.17) is 11.6 Å². The molecule has 1 aliphatic carbocycles. The number of rotatable bonds is 3. The van der Waals surface area contributed by atoms with Gasteiger partial charge in [-0.1, -0.05) is 49.1 Å². The summed E-state index contributed by atoms with van der Waals surface area (Å²) in [6.07, 6.45) is 6.80. The molecule has 2 aromatic carbocycles. The minimum absolute atomic E-state index is 0.0145. The van der Waals surface area contributed by atoms with Crippen molar-refractivity contribution in [2.24, 2.45) is 0 Å². The van der Waals surface area contributed by atoms with E-state index in [0.717, 1.165) is 48.6 Å². The van der Waals surface area contributed by atoms with E-state index >= 15 is 0 Å². The number of carbonyl (C=O) groups excluding carboxylic acids is 2. The van der Waals surface area contributed by atoms with Crippen LogP contribution < -0.4 is 0 Å². The third-order valence-corrected chi connectivity index (χ3v) is 6.73. The second-order valence-corrected chi connectivity index (χ2v) is 8.73. The highest BCUT2D eigenvalue weighted by Crippen LogP contribution is 2.44. The molecule has 1 unspecified atom stereocenters. The van der Waals surface area contributed by atoms with Crippen LogP contribution in [0.5, 0.6) is 0 Å². The van der Waals surface area contributed by atoms with E-state index in [1.54, 1.807) is 29.2 Å². The number of benzene rings is 2. The molecule has 0 bridgehead atoms. The zero-order chi connectivity index (χ0) is 21.5. The molecule has 3 aromatic rings. The molecular formula is C25H23ClN2O3. The highest BCUT2D eigenvalue weighted by molar-refractivity contribution is 6.46. The van der Waals surface area contributed by atoms with E-state index in [1.807, 2.05) is 30.5 Å². The summed E-state index contributed by atoms with van der Waals surface area (Å²) in [4.78, 5) is 31.5. The van der Waals surface area contributed by atoms with Crippen molar-refractivity contribution < 1.29 is 14.7 Å². The average Bonchev–Trinajstić information content (AvgIpc) is 3.33. The van der Waals surface area contributed by atoms with E-state index < -0.39 is 17.7 Å². The molecule has 5 rings (SSSR count). The lowest BCUT2D eigenvalue weighted by Crippen LogP contribution is -2.40. The van der Waals surface area contributed by atoms with Gasteiger partial charge in [0.1, 0.15) is 5.76 Å². The van der Waals surface area contributed by atoms with Gasteiger partial charge in [0.2, 0.25) is 0 Å². The Morgan fingerprint density at radius 2 is 1.71 bits per heavy atom. The predicted molar refractivity (Wildman–Crippen MR) is 121 cm³/mol. The lowest BCUT2D eigenvalue weighted by molar-refractivity contribution is -0.141. The van der Waals surface area contributed by atoms with Crippen molar-refractivity contribution >= 4 is 40.0 Å². The zero-order valence-electron chi connectivity index (χ0n) is 17.0. The molecule has 158 valence electrons. The molecular weight excluding hydrogens is 412 g/mol. The summed E-state index contributed by atoms with van der Waals surface area (Å²) in [6.45, 7) is 0. The normalized spacial score (nSPS) is 21.8. The Hall–Kier alpha value is -3.05. The fourth-order valence-corrected chi connectivity index (χ4v) is 5.10. The SMILES string of the molecule is O=C1C(=O)N(C2CCCCC2)C(c2c[nH]c3ccccc23)/C1=C(\O)c1ccc(Cl)cc1. The number of para-hydroxylation sites is 1. The van der Waals surface area contributed by atoms with Crippen molar-refractivity contribution in [1.29, 1.82) is 0 Å². The van der Waals surface area contributed by atoms with Gasteiger partial charge in [-0.3, -0.25) is 9.59 Å². The maximum atomic E-state index is 13.2. The number of amides is 1. The fraction of sp³-hybridized carbons (Fsp3) is 0.280.